The largest absolute Gasteiger partial charge is 0.370 e. The van der Waals surface area contributed by atoms with E-state index in [1.807, 2.05) is 6.08 Å². The molecule has 19 heavy (non-hydrogen) atoms. The van der Waals surface area contributed by atoms with Crippen LogP contribution in [0.3, 0.4) is 0 Å². The van der Waals surface area contributed by atoms with Crippen molar-refractivity contribution in [3.05, 3.63) is 11.6 Å². The summed E-state index contributed by atoms with van der Waals surface area (Å²) in [6.07, 6.45) is 7.54. The van der Waals surface area contributed by atoms with Gasteiger partial charge in [0.2, 0.25) is 0 Å². The number of carbonyl (C=O) groups is 1. The van der Waals surface area contributed by atoms with Gasteiger partial charge in [-0.15, -0.1) is 0 Å². The van der Waals surface area contributed by atoms with Gasteiger partial charge in [-0.25, -0.2) is 0 Å². The Morgan fingerprint density at radius 3 is 2.68 bits per heavy atom. The lowest BCUT2D eigenvalue weighted by Gasteiger charge is -2.52. The average molecular weight is 260 g/mol. The maximum atomic E-state index is 11.6. The summed E-state index contributed by atoms with van der Waals surface area (Å²) in [7, 11) is 0. The van der Waals surface area contributed by atoms with Crippen LogP contribution >= 0.6 is 0 Å². The fourth-order valence-electron chi connectivity index (χ4n) is 5.72. The lowest BCUT2D eigenvalue weighted by molar-refractivity contribution is -0.158. The number of ketones is 1. The zero-order chi connectivity index (χ0) is 13.5. The number of fused-ring (bicyclic) bond motifs is 4. The molecule has 1 saturated heterocycles. The molecule has 3 fully saturated rings. The van der Waals surface area contributed by atoms with Crippen molar-refractivity contribution in [2.75, 3.05) is 6.61 Å². The Hall–Kier alpha value is -0.630. The first-order valence-corrected chi connectivity index (χ1v) is 7.75. The van der Waals surface area contributed by atoms with E-state index >= 15 is 0 Å². The number of hydrogen-bond donors (Lipinski definition) is 0. The van der Waals surface area contributed by atoms with Crippen LogP contribution in [0.4, 0.5) is 0 Å². The summed E-state index contributed by atoms with van der Waals surface area (Å²) < 4.78 is 6.44. The molecular weight excluding hydrogens is 236 g/mol. The van der Waals surface area contributed by atoms with E-state index in [1.165, 1.54) is 24.8 Å². The highest BCUT2D eigenvalue weighted by Gasteiger charge is 2.70. The molecule has 0 N–H and O–H groups in total. The third kappa shape index (κ3) is 1.25. The van der Waals surface area contributed by atoms with E-state index in [-0.39, 0.29) is 5.60 Å². The van der Waals surface area contributed by atoms with Gasteiger partial charge in [0.1, 0.15) is 0 Å². The summed E-state index contributed by atoms with van der Waals surface area (Å²) in [6, 6.07) is 0. The van der Waals surface area contributed by atoms with Crippen LogP contribution < -0.4 is 0 Å². The third-order valence-corrected chi connectivity index (χ3v) is 7.43. The second kappa shape index (κ2) is 3.33. The number of carbonyl (C=O) groups excluding carboxylic acids is 1. The molecule has 2 bridgehead atoms. The second-order valence-electron chi connectivity index (χ2n) is 8.07. The van der Waals surface area contributed by atoms with Crippen LogP contribution in [0, 0.1) is 22.7 Å². The highest BCUT2D eigenvalue weighted by Crippen LogP contribution is 2.73. The SMILES string of the molecule is CC1(C)[C@@H]2CC[C@@]1(C)[C@@]1(C[C@@H]3CC(=O)C=C3CO1)C2. The van der Waals surface area contributed by atoms with E-state index < -0.39 is 0 Å². The van der Waals surface area contributed by atoms with Gasteiger partial charge in [-0.1, -0.05) is 20.8 Å². The minimum atomic E-state index is 0.0477. The molecule has 2 heteroatoms. The first-order valence-electron chi connectivity index (χ1n) is 7.75. The summed E-state index contributed by atoms with van der Waals surface area (Å²) in [5.41, 5.74) is 1.99. The lowest BCUT2D eigenvalue weighted by Crippen LogP contribution is -2.52. The van der Waals surface area contributed by atoms with Crippen LogP contribution in [-0.2, 0) is 9.53 Å². The molecule has 0 aromatic heterocycles. The Labute approximate surface area is 115 Å². The highest BCUT2D eigenvalue weighted by atomic mass is 16.5. The number of ether oxygens (including phenoxy) is 1. The fraction of sp³-hybridized carbons (Fsp3) is 0.824. The van der Waals surface area contributed by atoms with Gasteiger partial charge in [-0.2, -0.15) is 0 Å². The quantitative estimate of drug-likeness (QED) is 0.666. The van der Waals surface area contributed by atoms with Crippen molar-refractivity contribution in [2.45, 2.75) is 58.5 Å². The van der Waals surface area contributed by atoms with Crippen molar-refractivity contribution in [1.29, 1.82) is 0 Å². The summed E-state index contributed by atoms with van der Waals surface area (Å²) in [5, 5.41) is 0. The molecule has 104 valence electrons. The number of hydrogen-bond acceptors (Lipinski definition) is 2. The third-order valence-electron chi connectivity index (χ3n) is 7.43. The van der Waals surface area contributed by atoms with Crippen molar-refractivity contribution in [3.63, 3.8) is 0 Å². The molecule has 0 aromatic rings. The van der Waals surface area contributed by atoms with E-state index in [0.29, 0.717) is 29.1 Å². The lowest BCUT2D eigenvalue weighted by atomic mass is 9.61. The summed E-state index contributed by atoms with van der Waals surface area (Å²) >= 11 is 0. The second-order valence-corrected chi connectivity index (χ2v) is 8.07. The van der Waals surface area contributed by atoms with Gasteiger partial charge >= 0.3 is 0 Å². The first-order chi connectivity index (χ1) is 8.88. The van der Waals surface area contributed by atoms with Crippen LogP contribution in [-0.4, -0.2) is 18.0 Å². The Kier molecular flexibility index (Phi) is 2.13. The molecule has 0 amide bonds. The van der Waals surface area contributed by atoms with Crippen molar-refractivity contribution in [3.8, 4) is 0 Å². The Morgan fingerprint density at radius 1 is 1.26 bits per heavy atom. The van der Waals surface area contributed by atoms with Gasteiger partial charge in [-0.3, -0.25) is 4.79 Å². The maximum Gasteiger partial charge on any atom is 0.156 e. The van der Waals surface area contributed by atoms with E-state index in [1.54, 1.807) is 0 Å². The van der Waals surface area contributed by atoms with Crippen LogP contribution in [0.15, 0.2) is 11.6 Å². The minimum Gasteiger partial charge on any atom is -0.370 e. The number of allylic oxidation sites excluding steroid dienone is 1. The van der Waals surface area contributed by atoms with E-state index in [4.69, 9.17) is 4.74 Å². The van der Waals surface area contributed by atoms with Crippen molar-refractivity contribution >= 4 is 5.78 Å². The van der Waals surface area contributed by atoms with Crippen LogP contribution in [0.25, 0.3) is 0 Å². The van der Waals surface area contributed by atoms with Gasteiger partial charge < -0.3 is 4.74 Å². The van der Waals surface area contributed by atoms with Gasteiger partial charge in [0.05, 0.1) is 12.2 Å². The standard InChI is InChI=1S/C17H24O2/c1-15(2)13-4-5-16(15,3)17(9-13)8-11-6-14(18)7-12(11)10-19-17/h7,11,13H,4-6,8-10H2,1-3H3/t11-,13+,16+,17+/m0/s1. The Balaban J connectivity index is 1.71. The molecule has 1 aliphatic heterocycles. The number of rotatable bonds is 0. The van der Waals surface area contributed by atoms with E-state index in [0.717, 1.165) is 18.8 Å². The predicted molar refractivity (Wildman–Crippen MR) is 73.7 cm³/mol. The van der Waals surface area contributed by atoms with Gasteiger partial charge in [0.15, 0.2) is 5.78 Å². The summed E-state index contributed by atoms with van der Waals surface area (Å²) in [6.45, 7) is 8.03. The molecule has 4 rings (SSSR count). The monoisotopic (exact) mass is 260 g/mol. The summed E-state index contributed by atoms with van der Waals surface area (Å²) in [4.78, 5) is 11.6. The Morgan fingerprint density at radius 2 is 2.05 bits per heavy atom. The molecule has 0 radical (unpaired) electrons. The smallest absolute Gasteiger partial charge is 0.156 e. The fourth-order valence-corrected chi connectivity index (χ4v) is 5.72. The van der Waals surface area contributed by atoms with E-state index in [9.17, 15) is 4.79 Å². The predicted octanol–water partition coefficient (Wildman–Crippen LogP) is 3.51. The normalized spacial score (nSPS) is 50.7. The van der Waals surface area contributed by atoms with Gasteiger partial charge in [0.25, 0.3) is 0 Å². The zero-order valence-electron chi connectivity index (χ0n) is 12.3. The summed E-state index contributed by atoms with van der Waals surface area (Å²) in [5.74, 6) is 1.60. The zero-order valence-corrected chi connectivity index (χ0v) is 12.3. The van der Waals surface area contributed by atoms with Crippen molar-refractivity contribution < 1.29 is 9.53 Å². The van der Waals surface area contributed by atoms with Crippen LogP contribution in [0.5, 0.6) is 0 Å². The molecule has 4 aliphatic rings. The molecule has 0 aromatic carbocycles. The van der Waals surface area contributed by atoms with Crippen molar-refractivity contribution in [2.24, 2.45) is 22.7 Å². The average Bonchev–Trinajstić information content (AvgIpc) is 2.85. The molecule has 3 aliphatic carbocycles. The molecular formula is C17H24O2. The topological polar surface area (TPSA) is 26.3 Å². The minimum absolute atomic E-state index is 0.0477. The first kappa shape index (κ1) is 12.1. The molecule has 0 unspecified atom stereocenters. The van der Waals surface area contributed by atoms with Gasteiger partial charge in [-0.05, 0) is 54.6 Å². The molecule has 1 spiro atoms. The maximum absolute atomic E-state index is 11.6. The Bertz CT molecular complexity index is 489. The molecule has 1 heterocycles. The van der Waals surface area contributed by atoms with Gasteiger partial charge in [0, 0.05) is 11.8 Å². The molecule has 2 saturated carbocycles. The van der Waals surface area contributed by atoms with Crippen molar-refractivity contribution in [1.82, 2.24) is 0 Å². The molecule has 2 nitrogen and oxygen atoms in total. The highest BCUT2D eigenvalue weighted by molar-refractivity contribution is 5.93. The van der Waals surface area contributed by atoms with Crippen LogP contribution in [0.2, 0.25) is 0 Å². The molecule has 4 atom stereocenters. The van der Waals surface area contributed by atoms with Crippen LogP contribution in [0.1, 0.15) is 52.9 Å². The van der Waals surface area contributed by atoms with E-state index in [2.05, 4.69) is 20.8 Å².